The minimum absolute atomic E-state index is 0.0388. The minimum atomic E-state index is -0.853. The molecule has 0 saturated heterocycles. The summed E-state index contributed by atoms with van der Waals surface area (Å²) >= 11 is 12.7. The van der Waals surface area contributed by atoms with Crippen molar-refractivity contribution < 1.29 is 14.4 Å². The third kappa shape index (κ3) is 3.83. The van der Waals surface area contributed by atoms with Gasteiger partial charge in [-0.1, -0.05) is 28.4 Å². The monoisotopic (exact) mass is 430 g/mol. The van der Waals surface area contributed by atoms with Gasteiger partial charge in [-0.15, -0.1) is 0 Å². The molecule has 0 saturated carbocycles. The number of hydrogen-bond acceptors (Lipinski definition) is 5. The van der Waals surface area contributed by atoms with Gasteiger partial charge in [0.05, 0.1) is 15.6 Å². The molecule has 0 aliphatic carbocycles. The zero-order valence-electron chi connectivity index (χ0n) is 15.6. The first-order valence-corrected chi connectivity index (χ1v) is 9.57. The van der Waals surface area contributed by atoms with Crippen molar-refractivity contribution >= 4 is 34.8 Å². The third-order valence-electron chi connectivity index (χ3n) is 4.56. The van der Waals surface area contributed by atoms with E-state index in [2.05, 4.69) is 15.1 Å². The number of carboxylic acids is 1. The number of nitrogens with zero attached hydrogens (tertiary/aromatic N) is 4. The lowest BCUT2D eigenvalue weighted by Gasteiger charge is -2.08. The summed E-state index contributed by atoms with van der Waals surface area (Å²) in [6.45, 7) is 3.84. The lowest BCUT2D eigenvalue weighted by molar-refractivity contribution is -0.136. The van der Waals surface area contributed by atoms with Gasteiger partial charge in [-0.3, -0.25) is 4.79 Å². The fourth-order valence-corrected chi connectivity index (χ4v) is 3.71. The van der Waals surface area contributed by atoms with Crippen LogP contribution in [-0.4, -0.2) is 30.6 Å². The molecule has 7 nitrogen and oxygen atoms in total. The van der Waals surface area contributed by atoms with Crippen molar-refractivity contribution in [2.45, 2.75) is 26.7 Å². The second-order valence-corrected chi connectivity index (χ2v) is 7.61. The molecule has 3 heterocycles. The molecule has 0 atom stereocenters. The van der Waals surface area contributed by atoms with Gasteiger partial charge >= 0.3 is 5.97 Å². The van der Waals surface area contributed by atoms with Gasteiger partial charge in [-0.25, -0.2) is 4.98 Å². The normalized spacial score (nSPS) is 11.3. The number of aryl methyl sites for hydroxylation is 3. The first-order chi connectivity index (χ1) is 13.8. The fraction of sp³-hybridized carbons (Fsp3) is 0.200. The summed E-state index contributed by atoms with van der Waals surface area (Å²) in [5.74, 6) is -0.271. The first-order valence-electron chi connectivity index (χ1n) is 8.82. The number of halogens is 2. The number of imidazole rings is 1. The minimum Gasteiger partial charge on any atom is -0.481 e. The van der Waals surface area contributed by atoms with E-state index in [4.69, 9.17) is 32.8 Å². The van der Waals surface area contributed by atoms with Crippen molar-refractivity contribution in [3.8, 4) is 23.0 Å². The van der Waals surface area contributed by atoms with Crippen molar-refractivity contribution in [2.75, 3.05) is 0 Å². The van der Waals surface area contributed by atoms with E-state index in [0.29, 0.717) is 39.2 Å². The van der Waals surface area contributed by atoms with E-state index in [1.807, 2.05) is 36.6 Å². The maximum atomic E-state index is 10.8. The molecule has 0 spiro atoms. The highest BCUT2D eigenvalue weighted by atomic mass is 35.5. The van der Waals surface area contributed by atoms with Crippen LogP contribution in [0.1, 0.15) is 23.1 Å². The van der Waals surface area contributed by atoms with E-state index in [9.17, 15) is 4.79 Å². The van der Waals surface area contributed by atoms with Gasteiger partial charge in [-0.05, 0) is 55.2 Å². The number of aromatic nitrogens is 4. The molecular formula is C20H16Cl2N4O3. The summed E-state index contributed by atoms with van der Waals surface area (Å²) in [6.07, 6.45) is 4.13. The molecule has 4 aromatic rings. The van der Waals surface area contributed by atoms with E-state index < -0.39 is 5.97 Å². The predicted molar refractivity (Wildman–Crippen MR) is 109 cm³/mol. The van der Waals surface area contributed by atoms with E-state index in [1.165, 1.54) is 0 Å². The number of pyridine rings is 1. The van der Waals surface area contributed by atoms with E-state index in [0.717, 1.165) is 16.7 Å². The average Bonchev–Trinajstić information content (AvgIpc) is 3.28. The van der Waals surface area contributed by atoms with Gasteiger partial charge < -0.3 is 14.0 Å². The Morgan fingerprint density at radius 1 is 1.14 bits per heavy atom. The Morgan fingerprint density at radius 3 is 2.69 bits per heavy atom. The maximum Gasteiger partial charge on any atom is 0.303 e. The molecule has 1 aromatic carbocycles. The first kappa shape index (κ1) is 19.4. The molecule has 4 rings (SSSR count). The summed E-state index contributed by atoms with van der Waals surface area (Å²) in [6, 6.07) is 5.40. The van der Waals surface area contributed by atoms with Crippen LogP contribution in [0.4, 0.5) is 0 Å². The van der Waals surface area contributed by atoms with Crippen LogP contribution in [0.15, 0.2) is 35.1 Å². The highest BCUT2D eigenvalue weighted by molar-refractivity contribution is 6.33. The Morgan fingerprint density at radius 2 is 1.93 bits per heavy atom. The number of carbonyl (C=O) groups is 1. The molecule has 0 unspecified atom stereocenters. The molecule has 148 valence electrons. The Bertz CT molecular complexity index is 1250. The standard InChI is InChI=1S/C20H16Cl2N4O3/c1-10-5-15(22)19-23-16(9-26(19)8-10)18-24-20(29-25-18)13-6-11(2)12(7-14(13)21)3-4-17(27)28/h5-9H,3-4H2,1-2H3,(H,27,28). The molecule has 0 radical (unpaired) electrons. The van der Waals surface area contributed by atoms with Gasteiger partial charge in [-0.2, -0.15) is 4.98 Å². The van der Waals surface area contributed by atoms with Crippen molar-refractivity contribution in [2.24, 2.45) is 0 Å². The van der Waals surface area contributed by atoms with Crippen LogP contribution < -0.4 is 0 Å². The molecule has 0 amide bonds. The van der Waals surface area contributed by atoms with Crippen LogP contribution in [0, 0.1) is 13.8 Å². The van der Waals surface area contributed by atoms with Crippen molar-refractivity contribution in [1.82, 2.24) is 19.5 Å². The van der Waals surface area contributed by atoms with Gasteiger partial charge in [0.25, 0.3) is 5.89 Å². The quantitative estimate of drug-likeness (QED) is 0.479. The second-order valence-electron chi connectivity index (χ2n) is 6.80. The molecule has 9 heteroatoms. The van der Waals surface area contributed by atoms with Crippen LogP contribution in [0.3, 0.4) is 0 Å². The highest BCUT2D eigenvalue weighted by Crippen LogP contribution is 2.32. The third-order valence-corrected chi connectivity index (χ3v) is 5.15. The molecule has 3 aromatic heterocycles. The molecular weight excluding hydrogens is 415 g/mol. The lowest BCUT2D eigenvalue weighted by atomic mass is 10.0. The Labute approximate surface area is 175 Å². The van der Waals surface area contributed by atoms with Crippen LogP contribution in [0.2, 0.25) is 10.0 Å². The Kier molecular flexibility index (Phi) is 5.02. The van der Waals surface area contributed by atoms with Crippen molar-refractivity contribution in [3.63, 3.8) is 0 Å². The largest absolute Gasteiger partial charge is 0.481 e. The van der Waals surface area contributed by atoms with E-state index in [1.54, 1.807) is 12.3 Å². The van der Waals surface area contributed by atoms with E-state index >= 15 is 0 Å². The Hall–Kier alpha value is -2.90. The Balaban J connectivity index is 1.68. The van der Waals surface area contributed by atoms with Crippen LogP contribution in [-0.2, 0) is 11.2 Å². The number of fused-ring (bicyclic) bond motifs is 1. The van der Waals surface area contributed by atoms with Crippen LogP contribution in [0.25, 0.3) is 28.6 Å². The van der Waals surface area contributed by atoms with Gasteiger partial charge in [0.1, 0.15) is 5.69 Å². The number of rotatable bonds is 5. The topological polar surface area (TPSA) is 93.5 Å². The van der Waals surface area contributed by atoms with Crippen molar-refractivity contribution in [3.05, 3.63) is 57.3 Å². The maximum absolute atomic E-state index is 10.8. The lowest BCUT2D eigenvalue weighted by Crippen LogP contribution is -1.99. The average molecular weight is 431 g/mol. The smallest absolute Gasteiger partial charge is 0.303 e. The van der Waals surface area contributed by atoms with Gasteiger partial charge in [0.2, 0.25) is 5.82 Å². The molecule has 0 fully saturated rings. The zero-order chi connectivity index (χ0) is 20.7. The summed E-state index contributed by atoms with van der Waals surface area (Å²) in [5.41, 5.74) is 4.49. The molecule has 0 aliphatic heterocycles. The number of hydrogen-bond donors (Lipinski definition) is 1. The van der Waals surface area contributed by atoms with Crippen LogP contribution >= 0.6 is 23.2 Å². The van der Waals surface area contributed by atoms with Crippen LogP contribution in [0.5, 0.6) is 0 Å². The highest BCUT2D eigenvalue weighted by Gasteiger charge is 2.18. The molecule has 0 aliphatic rings. The van der Waals surface area contributed by atoms with Gasteiger partial charge in [0.15, 0.2) is 5.65 Å². The number of carboxylic acid groups (broad SMARTS) is 1. The summed E-state index contributed by atoms with van der Waals surface area (Å²) in [5, 5.41) is 13.9. The zero-order valence-corrected chi connectivity index (χ0v) is 17.1. The number of aliphatic carboxylic acids is 1. The second kappa shape index (κ2) is 7.50. The summed E-state index contributed by atoms with van der Waals surface area (Å²) in [4.78, 5) is 19.7. The molecule has 29 heavy (non-hydrogen) atoms. The predicted octanol–water partition coefficient (Wildman–Crippen LogP) is 4.99. The van der Waals surface area contributed by atoms with E-state index in [-0.39, 0.29) is 12.3 Å². The summed E-state index contributed by atoms with van der Waals surface area (Å²) in [7, 11) is 0. The summed E-state index contributed by atoms with van der Waals surface area (Å²) < 4.78 is 7.22. The SMILES string of the molecule is Cc1cc(Cl)c2nc(-c3noc(-c4cc(C)c(CCC(=O)O)cc4Cl)n3)cn2c1. The van der Waals surface area contributed by atoms with Gasteiger partial charge in [0, 0.05) is 18.8 Å². The molecule has 0 bridgehead atoms. The number of benzene rings is 1. The fourth-order valence-electron chi connectivity index (χ4n) is 3.13. The van der Waals surface area contributed by atoms with Crippen molar-refractivity contribution in [1.29, 1.82) is 0 Å². The molecule has 1 N–H and O–H groups in total.